The minimum atomic E-state index is 0.0341. The highest BCUT2D eigenvalue weighted by atomic mass is 16.5. The number of methoxy groups -OCH3 is 1. The van der Waals surface area contributed by atoms with E-state index in [0.29, 0.717) is 24.5 Å². The van der Waals surface area contributed by atoms with Crippen LogP contribution < -0.4 is 15.8 Å². The molecule has 0 atom stereocenters. The van der Waals surface area contributed by atoms with E-state index < -0.39 is 0 Å². The SMILES string of the molecule is COc1ccc(CNCCOC(C)C)cc1/C(N)=N/O. The number of nitrogens with zero attached hydrogens (tertiary/aromatic N) is 1. The van der Waals surface area contributed by atoms with Crippen molar-refractivity contribution in [3.63, 3.8) is 0 Å². The van der Waals surface area contributed by atoms with Gasteiger partial charge in [0, 0.05) is 13.1 Å². The Hall–Kier alpha value is -1.79. The van der Waals surface area contributed by atoms with E-state index >= 15 is 0 Å². The second kappa shape index (κ2) is 8.39. The van der Waals surface area contributed by atoms with E-state index in [1.54, 1.807) is 13.2 Å². The maximum Gasteiger partial charge on any atom is 0.173 e. The fraction of sp³-hybridized carbons (Fsp3) is 0.500. The first-order chi connectivity index (χ1) is 9.58. The molecule has 1 aromatic carbocycles. The molecule has 4 N–H and O–H groups in total. The normalized spacial score (nSPS) is 11.9. The van der Waals surface area contributed by atoms with Crippen molar-refractivity contribution in [2.24, 2.45) is 10.9 Å². The Kier molecular flexibility index (Phi) is 6.83. The first-order valence-electron chi connectivity index (χ1n) is 6.55. The fourth-order valence-electron chi connectivity index (χ4n) is 1.72. The van der Waals surface area contributed by atoms with Gasteiger partial charge in [0.25, 0.3) is 0 Å². The lowest BCUT2D eigenvalue weighted by atomic mass is 10.1. The molecule has 1 rings (SSSR count). The zero-order chi connectivity index (χ0) is 15.0. The van der Waals surface area contributed by atoms with Gasteiger partial charge in [0.2, 0.25) is 0 Å². The quantitative estimate of drug-likeness (QED) is 0.220. The van der Waals surface area contributed by atoms with Gasteiger partial charge in [0.05, 0.1) is 25.4 Å². The molecule has 0 spiro atoms. The van der Waals surface area contributed by atoms with E-state index in [-0.39, 0.29) is 11.9 Å². The Morgan fingerprint density at radius 2 is 2.20 bits per heavy atom. The Balaban J connectivity index is 2.59. The fourth-order valence-corrected chi connectivity index (χ4v) is 1.72. The number of rotatable bonds is 8. The minimum absolute atomic E-state index is 0.0341. The van der Waals surface area contributed by atoms with Gasteiger partial charge < -0.3 is 25.7 Å². The third-order valence-corrected chi connectivity index (χ3v) is 2.71. The highest BCUT2D eigenvalue weighted by Gasteiger charge is 2.08. The summed E-state index contributed by atoms with van der Waals surface area (Å²) in [6.45, 7) is 6.13. The van der Waals surface area contributed by atoms with Crippen molar-refractivity contribution in [2.45, 2.75) is 26.5 Å². The number of ether oxygens (including phenoxy) is 2. The molecule has 6 heteroatoms. The van der Waals surface area contributed by atoms with Crippen molar-refractivity contribution in [1.82, 2.24) is 5.32 Å². The summed E-state index contributed by atoms with van der Waals surface area (Å²) < 4.78 is 10.6. The van der Waals surface area contributed by atoms with Gasteiger partial charge in [-0.05, 0) is 31.5 Å². The van der Waals surface area contributed by atoms with Gasteiger partial charge in [-0.15, -0.1) is 0 Å². The van der Waals surface area contributed by atoms with Crippen LogP contribution in [0.1, 0.15) is 25.0 Å². The van der Waals surface area contributed by atoms with Crippen LogP contribution in [0, 0.1) is 0 Å². The van der Waals surface area contributed by atoms with E-state index in [1.165, 1.54) is 0 Å². The summed E-state index contributed by atoms with van der Waals surface area (Å²) in [7, 11) is 1.55. The van der Waals surface area contributed by atoms with Crippen LogP contribution >= 0.6 is 0 Å². The summed E-state index contributed by atoms with van der Waals surface area (Å²) in [6.07, 6.45) is 0.241. The second-order valence-electron chi connectivity index (χ2n) is 4.62. The van der Waals surface area contributed by atoms with Gasteiger partial charge in [-0.1, -0.05) is 11.2 Å². The van der Waals surface area contributed by atoms with Crippen LogP contribution in [0.3, 0.4) is 0 Å². The number of amidine groups is 1. The van der Waals surface area contributed by atoms with Crippen LogP contribution in [0.5, 0.6) is 5.75 Å². The molecule has 0 bridgehead atoms. The molecule has 0 heterocycles. The maximum atomic E-state index is 8.77. The minimum Gasteiger partial charge on any atom is -0.496 e. The summed E-state index contributed by atoms with van der Waals surface area (Å²) in [5, 5.41) is 15.1. The molecule has 0 amide bonds. The Morgan fingerprint density at radius 3 is 2.80 bits per heavy atom. The molecule has 0 aliphatic carbocycles. The zero-order valence-corrected chi connectivity index (χ0v) is 12.2. The van der Waals surface area contributed by atoms with Crippen molar-refractivity contribution in [3.8, 4) is 5.75 Å². The molecule has 0 aliphatic heterocycles. The number of nitrogens with one attached hydrogen (secondary N) is 1. The summed E-state index contributed by atoms with van der Waals surface area (Å²) in [5.41, 5.74) is 7.23. The van der Waals surface area contributed by atoms with Crippen LogP contribution in [0.4, 0.5) is 0 Å². The molecule has 112 valence electrons. The molecule has 0 saturated carbocycles. The molecule has 0 radical (unpaired) electrons. The van der Waals surface area contributed by atoms with Crippen LogP contribution in [-0.4, -0.2) is 37.4 Å². The van der Waals surface area contributed by atoms with Crippen LogP contribution in [0.25, 0.3) is 0 Å². The Bertz CT molecular complexity index is 447. The summed E-state index contributed by atoms with van der Waals surface area (Å²) in [5.74, 6) is 0.610. The Morgan fingerprint density at radius 1 is 1.45 bits per heavy atom. The third-order valence-electron chi connectivity index (χ3n) is 2.71. The summed E-state index contributed by atoms with van der Waals surface area (Å²) >= 11 is 0. The molecule has 0 aliphatic rings. The molecule has 1 aromatic rings. The zero-order valence-electron chi connectivity index (χ0n) is 12.2. The lowest BCUT2D eigenvalue weighted by molar-refractivity contribution is 0.0807. The van der Waals surface area contributed by atoms with Gasteiger partial charge in [-0.2, -0.15) is 0 Å². The standard InChI is InChI=1S/C14H23N3O3/c1-10(2)20-7-6-16-9-11-4-5-13(19-3)12(8-11)14(15)17-18/h4-5,8,10,16,18H,6-7,9H2,1-3H3,(H2,15,17). The number of hydrogen-bond acceptors (Lipinski definition) is 5. The molecular weight excluding hydrogens is 258 g/mol. The largest absolute Gasteiger partial charge is 0.496 e. The predicted octanol–water partition coefficient (Wildman–Crippen LogP) is 1.30. The molecular formula is C14H23N3O3. The molecule has 0 aromatic heterocycles. The smallest absolute Gasteiger partial charge is 0.173 e. The van der Waals surface area contributed by atoms with Crippen LogP contribution in [0.2, 0.25) is 0 Å². The molecule has 0 fully saturated rings. The highest BCUT2D eigenvalue weighted by Crippen LogP contribution is 2.19. The number of benzene rings is 1. The van der Waals surface area contributed by atoms with E-state index in [4.69, 9.17) is 20.4 Å². The average Bonchev–Trinajstić information content (AvgIpc) is 2.45. The number of nitrogens with two attached hydrogens (primary N) is 1. The number of hydrogen-bond donors (Lipinski definition) is 3. The van der Waals surface area contributed by atoms with Crippen molar-refractivity contribution in [1.29, 1.82) is 0 Å². The molecule has 0 saturated heterocycles. The van der Waals surface area contributed by atoms with Gasteiger partial charge in [0.15, 0.2) is 5.84 Å². The lowest BCUT2D eigenvalue weighted by Crippen LogP contribution is -2.21. The number of oxime groups is 1. The monoisotopic (exact) mass is 281 g/mol. The first-order valence-corrected chi connectivity index (χ1v) is 6.55. The molecule has 20 heavy (non-hydrogen) atoms. The van der Waals surface area contributed by atoms with Crippen molar-refractivity contribution >= 4 is 5.84 Å². The topological polar surface area (TPSA) is 89.1 Å². The maximum absolute atomic E-state index is 8.77. The molecule has 6 nitrogen and oxygen atoms in total. The van der Waals surface area contributed by atoms with E-state index in [2.05, 4.69) is 10.5 Å². The Labute approximate surface area is 119 Å². The van der Waals surface area contributed by atoms with Gasteiger partial charge in [0.1, 0.15) is 5.75 Å². The first kappa shape index (κ1) is 16.3. The van der Waals surface area contributed by atoms with Crippen molar-refractivity contribution in [3.05, 3.63) is 29.3 Å². The average molecular weight is 281 g/mol. The third kappa shape index (κ3) is 5.07. The van der Waals surface area contributed by atoms with Crippen LogP contribution in [-0.2, 0) is 11.3 Å². The summed E-state index contributed by atoms with van der Waals surface area (Å²) in [4.78, 5) is 0. The second-order valence-corrected chi connectivity index (χ2v) is 4.62. The lowest BCUT2D eigenvalue weighted by Gasteiger charge is -2.11. The van der Waals surface area contributed by atoms with Gasteiger partial charge in [-0.25, -0.2) is 0 Å². The highest BCUT2D eigenvalue weighted by molar-refractivity contribution is 5.99. The van der Waals surface area contributed by atoms with Crippen LogP contribution in [0.15, 0.2) is 23.4 Å². The predicted molar refractivity (Wildman–Crippen MR) is 78.3 cm³/mol. The van der Waals surface area contributed by atoms with E-state index in [0.717, 1.165) is 12.1 Å². The molecule has 0 unspecified atom stereocenters. The summed E-state index contributed by atoms with van der Waals surface area (Å²) in [6, 6.07) is 5.57. The van der Waals surface area contributed by atoms with Crippen molar-refractivity contribution < 1.29 is 14.7 Å². The van der Waals surface area contributed by atoms with E-state index in [1.807, 2.05) is 26.0 Å². The van der Waals surface area contributed by atoms with E-state index in [9.17, 15) is 0 Å². The van der Waals surface area contributed by atoms with Gasteiger partial charge in [-0.3, -0.25) is 0 Å². The van der Waals surface area contributed by atoms with Crippen molar-refractivity contribution in [2.75, 3.05) is 20.3 Å². The van der Waals surface area contributed by atoms with Gasteiger partial charge >= 0.3 is 0 Å².